The Labute approximate surface area is 235 Å². The van der Waals surface area contributed by atoms with Crippen LogP contribution in [0.2, 0.25) is 0 Å². The summed E-state index contributed by atoms with van der Waals surface area (Å²) in [6.07, 6.45) is 7.48. The lowest BCUT2D eigenvalue weighted by atomic mass is 9.73. The average Bonchev–Trinajstić information content (AvgIpc) is 2.95. The third kappa shape index (κ3) is 7.43. The Bertz CT molecular complexity index is 1200. The van der Waals surface area contributed by atoms with Crippen molar-refractivity contribution in [1.82, 2.24) is 9.80 Å². The molecule has 39 heavy (non-hydrogen) atoms. The highest BCUT2D eigenvalue weighted by Crippen LogP contribution is 2.39. The summed E-state index contributed by atoms with van der Waals surface area (Å²) in [7, 11) is 1.73. The maximum Gasteiger partial charge on any atom is 0.122 e. The fourth-order valence-electron chi connectivity index (χ4n) is 6.51. The van der Waals surface area contributed by atoms with Crippen LogP contribution in [0.4, 0.5) is 0 Å². The second-order valence-corrected chi connectivity index (χ2v) is 11.9. The monoisotopic (exact) mass is 526 g/mol. The first kappa shape index (κ1) is 27.7. The van der Waals surface area contributed by atoms with Gasteiger partial charge in [0.25, 0.3) is 0 Å². The van der Waals surface area contributed by atoms with Crippen LogP contribution < -0.4 is 9.47 Å². The van der Waals surface area contributed by atoms with E-state index in [2.05, 4.69) is 90.4 Å². The predicted octanol–water partition coefficient (Wildman–Crippen LogP) is 7.20. The molecule has 2 aliphatic heterocycles. The fraction of sp³-hybridized carbons (Fsp3) is 0.486. The number of nitrogens with zero attached hydrogens (tertiary/aromatic N) is 2. The average molecular weight is 527 g/mol. The molecule has 0 radical (unpaired) electrons. The first-order chi connectivity index (χ1) is 19.0. The van der Waals surface area contributed by atoms with Crippen LogP contribution in [0.1, 0.15) is 59.9 Å². The number of likely N-dealkylation sites (tertiary alicyclic amines) is 1. The molecule has 1 saturated heterocycles. The van der Waals surface area contributed by atoms with E-state index < -0.39 is 0 Å². The van der Waals surface area contributed by atoms with Crippen LogP contribution in [0.5, 0.6) is 11.5 Å². The molecule has 0 N–H and O–H groups in total. The highest BCUT2D eigenvalue weighted by Gasteiger charge is 2.36. The largest absolute Gasteiger partial charge is 0.497 e. The lowest BCUT2D eigenvalue weighted by Crippen LogP contribution is -2.47. The van der Waals surface area contributed by atoms with Crippen molar-refractivity contribution in [3.63, 3.8) is 0 Å². The topological polar surface area (TPSA) is 24.9 Å². The van der Waals surface area contributed by atoms with Gasteiger partial charge in [0.15, 0.2) is 0 Å². The minimum atomic E-state index is 0.364. The smallest absolute Gasteiger partial charge is 0.122 e. The van der Waals surface area contributed by atoms with Gasteiger partial charge in [0.1, 0.15) is 18.1 Å². The molecule has 0 bridgehead atoms. The van der Waals surface area contributed by atoms with Crippen molar-refractivity contribution >= 4 is 0 Å². The molecule has 0 aromatic heterocycles. The Kier molecular flexibility index (Phi) is 9.26. The molecule has 208 valence electrons. The van der Waals surface area contributed by atoms with Gasteiger partial charge in [0.2, 0.25) is 0 Å². The molecular weight excluding hydrogens is 480 g/mol. The summed E-state index contributed by atoms with van der Waals surface area (Å²) in [5, 5.41) is 0. The molecule has 0 amide bonds. The van der Waals surface area contributed by atoms with Gasteiger partial charge in [-0.1, -0.05) is 60.5 Å². The van der Waals surface area contributed by atoms with Crippen molar-refractivity contribution in [2.24, 2.45) is 5.41 Å². The number of para-hydroxylation sites is 1. The van der Waals surface area contributed by atoms with Gasteiger partial charge >= 0.3 is 0 Å². The number of hydrogen-bond donors (Lipinski definition) is 0. The lowest BCUT2D eigenvalue weighted by molar-refractivity contribution is 0.0409. The van der Waals surface area contributed by atoms with Crippen molar-refractivity contribution < 1.29 is 9.47 Å². The van der Waals surface area contributed by atoms with Crippen molar-refractivity contribution in [3.8, 4) is 11.5 Å². The number of ether oxygens (including phenoxy) is 2. The maximum atomic E-state index is 6.37. The Hall–Kier alpha value is -2.82. The van der Waals surface area contributed by atoms with Crippen molar-refractivity contribution in [3.05, 3.63) is 94.5 Å². The van der Waals surface area contributed by atoms with Gasteiger partial charge in [0, 0.05) is 26.2 Å². The Morgan fingerprint density at radius 1 is 0.821 bits per heavy atom. The molecular formula is C35H46N2O2. The Morgan fingerprint density at radius 3 is 2.41 bits per heavy atom. The Balaban J connectivity index is 1.31. The Morgan fingerprint density at radius 2 is 1.62 bits per heavy atom. The highest BCUT2D eigenvalue weighted by molar-refractivity contribution is 5.33. The summed E-state index contributed by atoms with van der Waals surface area (Å²) in [6.45, 7) is 11.7. The van der Waals surface area contributed by atoms with Crippen LogP contribution >= 0.6 is 0 Å². The number of hydrogen-bond acceptors (Lipinski definition) is 4. The van der Waals surface area contributed by atoms with Crippen LogP contribution in [0.25, 0.3) is 0 Å². The first-order valence-corrected chi connectivity index (χ1v) is 14.9. The van der Waals surface area contributed by atoms with Gasteiger partial charge in [0.05, 0.1) is 7.11 Å². The van der Waals surface area contributed by atoms with Gasteiger partial charge in [-0.25, -0.2) is 0 Å². The van der Waals surface area contributed by atoms with E-state index in [-0.39, 0.29) is 0 Å². The van der Waals surface area contributed by atoms with Gasteiger partial charge in [-0.15, -0.1) is 0 Å². The number of methoxy groups -OCH3 is 1. The number of fused-ring (bicyclic) bond motifs is 1. The van der Waals surface area contributed by atoms with E-state index in [1.807, 2.05) is 0 Å². The zero-order valence-corrected chi connectivity index (χ0v) is 24.3. The number of benzene rings is 3. The van der Waals surface area contributed by atoms with Crippen LogP contribution in [0.3, 0.4) is 0 Å². The second-order valence-electron chi connectivity index (χ2n) is 11.9. The number of rotatable bonds is 5. The molecule has 3 aromatic rings. The van der Waals surface area contributed by atoms with E-state index in [4.69, 9.17) is 9.47 Å². The van der Waals surface area contributed by atoms with Gasteiger partial charge in [-0.3, -0.25) is 9.80 Å². The SMILES string of the molecule is COc1ccc(CN2CCOc3ccccc3CCCCC3(CCN(Cc4cc(C)ccc4C)CC3)C2)cc1. The maximum absolute atomic E-state index is 6.37. The van der Waals surface area contributed by atoms with E-state index in [9.17, 15) is 0 Å². The summed E-state index contributed by atoms with van der Waals surface area (Å²) in [5.74, 6) is 1.98. The molecule has 0 saturated carbocycles. The summed E-state index contributed by atoms with van der Waals surface area (Å²) >= 11 is 0. The molecule has 0 unspecified atom stereocenters. The van der Waals surface area contributed by atoms with Crippen molar-refractivity contribution in [2.75, 3.05) is 39.9 Å². The molecule has 4 nitrogen and oxygen atoms in total. The lowest BCUT2D eigenvalue weighted by Gasteiger charge is -2.45. The fourth-order valence-corrected chi connectivity index (χ4v) is 6.51. The second kappa shape index (κ2) is 13.0. The minimum absolute atomic E-state index is 0.364. The molecule has 1 fully saturated rings. The van der Waals surface area contributed by atoms with Crippen LogP contribution in [0, 0.1) is 19.3 Å². The zero-order chi connectivity index (χ0) is 27.1. The molecule has 3 aromatic carbocycles. The number of piperidine rings is 1. The van der Waals surface area contributed by atoms with Gasteiger partial charge in [-0.2, -0.15) is 0 Å². The molecule has 0 aliphatic carbocycles. The highest BCUT2D eigenvalue weighted by atomic mass is 16.5. The molecule has 2 heterocycles. The first-order valence-electron chi connectivity index (χ1n) is 14.9. The van der Waals surface area contributed by atoms with Crippen LogP contribution in [-0.2, 0) is 19.5 Å². The molecule has 4 heteroatoms. The van der Waals surface area contributed by atoms with E-state index in [0.29, 0.717) is 5.41 Å². The van der Waals surface area contributed by atoms with Gasteiger partial charge in [-0.05, 0) is 105 Å². The summed E-state index contributed by atoms with van der Waals surface area (Å²) in [6, 6.07) is 24.1. The van der Waals surface area contributed by atoms with Crippen LogP contribution in [-0.4, -0.2) is 49.7 Å². The van der Waals surface area contributed by atoms with Crippen molar-refractivity contribution in [1.29, 1.82) is 0 Å². The third-order valence-electron chi connectivity index (χ3n) is 8.98. The van der Waals surface area contributed by atoms with Crippen molar-refractivity contribution in [2.45, 2.75) is 65.5 Å². The quantitative estimate of drug-likeness (QED) is 0.351. The molecule has 1 spiro atoms. The summed E-state index contributed by atoms with van der Waals surface area (Å²) < 4.78 is 11.8. The summed E-state index contributed by atoms with van der Waals surface area (Å²) in [4.78, 5) is 5.35. The van der Waals surface area contributed by atoms with E-state index in [1.54, 1.807) is 7.11 Å². The third-order valence-corrected chi connectivity index (χ3v) is 8.98. The van der Waals surface area contributed by atoms with Crippen LogP contribution in [0.15, 0.2) is 66.7 Å². The summed E-state index contributed by atoms with van der Waals surface area (Å²) in [5.41, 5.74) is 7.33. The van der Waals surface area contributed by atoms with E-state index in [0.717, 1.165) is 50.7 Å². The standard InChI is InChI=1S/C35H46N2O2/c1-28-11-12-29(2)32(24-28)26-36-20-18-35(19-21-36)17-7-6-9-31-8-4-5-10-34(31)39-23-22-37(27-35)25-30-13-15-33(38-3)16-14-30/h4-5,8,10-16,24H,6-7,9,17-23,25-27H2,1-3H3. The minimum Gasteiger partial charge on any atom is -0.497 e. The van der Waals surface area contributed by atoms with E-state index >= 15 is 0 Å². The number of aryl methyl sites for hydroxylation is 3. The zero-order valence-electron chi connectivity index (χ0n) is 24.3. The predicted molar refractivity (Wildman–Crippen MR) is 161 cm³/mol. The molecule has 2 aliphatic rings. The normalized spacial score (nSPS) is 18.9. The molecule has 5 rings (SSSR count). The van der Waals surface area contributed by atoms with Gasteiger partial charge < -0.3 is 9.47 Å². The molecule has 0 atom stereocenters. The van der Waals surface area contributed by atoms with E-state index in [1.165, 1.54) is 73.0 Å².